The molecule has 1 aromatic carbocycles. The standard InChI is InChI=1S/C22H19N5O3/c1-3-30-21(29)17-9-10-18(24-14(17)2)20(28)25-16-7-5-15(6-8-16)19-13-27-12-4-11-23-22(27)26-19/h4-13H,3H2,1-2H3,(H,25,28). The van der Waals surface area contributed by atoms with E-state index in [0.717, 1.165) is 11.3 Å². The fourth-order valence-corrected chi connectivity index (χ4v) is 3.00. The van der Waals surface area contributed by atoms with Gasteiger partial charge in [0.2, 0.25) is 5.78 Å². The maximum Gasteiger partial charge on any atom is 0.339 e. The number of carbonyl (C=O) groups excluding carboxylic acids is 2. The van der Waals surface area contributed by atoms with Crippen molar-refractivity contribution in [2.45, 2.75) is 13.8 Å². The number of benzene rings is 1. The minimum absolute atomic E-state index is 0.219. The van der Waals surface area contributed by atoms with Crippen molar-refractivity contribution in [2.75, 3.05) is 11.9 Å². The van der Waals surface area contributed by atoms with Gasteiger partial charge >= 0.3 is 5.97 Å². The number of aromatic nitrogens is 4. The van der Waals surface area contributed by atoms with Gasteiger partial charge in [0.25, 0.3) is 5.91 Å². The number of aryl methyl sites for hydroxylation is 1. The summed E-state index contributed by atoms with van der Waals surface area (Å²) in [4.78, 5) is 37.3. The quantitative estimate of drug-likeness (QED) is 0.514. The number of nitrogens with one attached hydrogen (secondary N) is 1. The van der Waals surface area contributed by atoms with Crippen LogP contribution in [-0.2, 0) is 4.74 Å². The summed E-state index contributed by atoms with van der Waals surface area (Å²) in [5, 5.41) is 2.81. The lowest BCUT2D eigenvalue weighted by atomic mass is 10.1. The maximum absolute atomic E-state index is 12.5. The Morgan fingerprint density at radius 3 is 2.60 bits per heavy atom. The Balaban J connectivity index is 1.48. The molecular weight excluding hydrogens is 382 g/mol. The number of rotatable bonds is 5. The van der Waals surface area contributed by atoms with Gasteiger partial charge < -0.3 is 10.1 Å². The predicted octanol–water partition coefficient (Wildman–Crippen LogP) is 3.53. The lowest BCUT2D eigenvalue weighted by Gasteiger charge is -2.08. The van der Waals surface area contributed by atoms with E-state index in [1.165, 1.54) is 6.07 Å². The molecule has 0 unspecified atom stereocenters. The summed E-state index contributed by atoms with van der Waals surface area (Å²) in [6, 6.07) is 12.2. The second-order valence-corrected chi connectivity index (χ2v) is 6.53. The van der Waals surface area contributed by atoms with Crippen LogP contribution in [0.2, 0.25) is 0 Å². The van der Waals surface area contributed by atoms with Gasteiger partial charge in [-0.2, -0.15) is 0 Å². The predicted molar refractivity (Wildman–Crippen MR) is 111 cm³/mol. The van der Waals surface area contributed by atoms with Crippen LogP contribution in [0.25, 0.3) is 17.0 Å². The number of pyridine rings is 1. The van der Waals surface area contributed by atoms with Crippen molar-refractivity contribution in [3.8, 4) is 11.3 Å². The number of hydrogen-bond acceptors (Lipinski definition) is 6. The van der Waals surface area contributed by atoms with Crippen molar-refractivity contribution in [1.29, 1.82) is 0 Å². The fraction of sp³-hybridized carbons (Fsp3) is 0.136. The molecule has 0 aliphatic carbocycles. The Kier molecular flexibility index (Phi) is 5.21. The highest BCUT2D eigenvalue weighted by Crippen LogP contribution is 2.21. The monoisotopic (exact) mass is 401 g/mol. The molecule has 30 heavy (non-hydrogen) atoms. The van der Waals surface area contributed by atoms with E-state index in [-0.39, 0.29) is 18.2 Å². The van der Waals surface area contributed by atoms with Crippen LogP contribution in [-0.4, -0.2) is 37.8 Å². The average molecular weight is 401 g/mol. The summed E-state index contributed by atoms with van der Waals surface area (Å²) in [7, 11) is 0. The van der Waals surface area contributed by atoms with Crippen molar-refractivity contribution in [3.63, 3.8) is 0 Å². The second-order valence-electron chi connectivity index (χ2n) is 6.53. The smallest absolute Gasteiger partial charge is 0.339 e. The zero-order valence-electron chi connectivity index (χ0n) is 16.5. The molecule has 0 aliphatic rings. The normalized spacial score (nSPS) is 10.7. The maximum atomic E-state index is 12.5. The van der Waals surface area contributed by atoms with Gasteiger partial charge in [0.05, 0.1) is 23.6 Å². The molecule has 0 atom stereocenters. The zero-order chi connectivity index (χ0) is 21.1. The van der Waals surface area contributed by atoms with E-state index in [4.69, 9.17) is 4.74 Å². The number of hydrogen-bond donors (Lipinski definition) is 1. The third-order valence-electron chi connectivity index (χ3n) is 4.49. The number of carbonyl (C=O) groups is 2. The minimum atomic E-state index is -0.452. The molecule has 1 N–H and O–H groups in total. The molecule has 0 saturated heterocycles. The van der Waals surface area contributed by atoms with Crippen LogP contribution in [0.3, 0.4) is 0 Å². The van der Waals surface area contributed by atoms with Crippen LogP contribution in [0, 0.1) is 6.92 Å². The lowest BCUT2D eigenvalue weighted by Crippen LogP contribution is -2.16. The minimum Gasteiger partial charge on any atom is -0.462 e. The molecule has 150 valence electrons. The van der Waals surface area contributed by atoms with Gasteiger partial charge in [-0.3, -0.25) is 9.20 Å². The largest absolute Gasteiger partial charge is 0.462 e. The molecule has 3 aromatic heterocycles. The fourth-order valence-electron chi connectivity index (χ4n) is 3.00. The second kappa shape index (κ2) is 8.12. The number of ether oxygens (including phenoxy) is 1. The Morgan fingerprint density at radius 2 is 1.90 bits per heavy atom. The van der Waals surface area contributed by atoms with Gasteiger partial charge in [-0.1, -0.05) is 12.1 Å². The summed E-state index contributed by atoms with van der Waals surface area (Å²) in [5.74, 6) is -0.192. The van der Waals surface area contributed by atoms with Crippen LogP contribution in [0.1, 0.15) is 33.5 Å². The van der Waals surface area contributed by atoms with Gasteiger partial charge in [0, 0.05) is 29.8 Å². The van der Waals surface area contributed by atoms with E-state index in [0.29, 0.717) is 22.7 Å². The SMILES string of the molecule is CCOC(=O)c1ccc(C(=O)Nc2ccc(-c3cn4cccnc4n3)cc2)nc1C. The van der Waals surface area contributed by atoms with E-state index in [1.54, 1.807) is 38.2 Å². The summed E-state index contributed by atoms with van der Waals surface area (Å²) >= 11 is 0. The van der Waals surface area contributed by atoms with E-state index in [2.05, 4.69) is 20.3 Å². The van der Waals surface area contributed by atoms with Crippen LogP contribution >= 0.6 is 0 Å². The van der Waals surface area contributed by atoms with Crippen LogP contribution < -0.4 is 5.32 Å². The number of nitrogens with zero attached hydrogens (tertiary/aromatic N) is 4. The van der Waals surface area contributed by atoms with E-state index in [1.807, 2.05) is 35.0 Å². The molecule has 0 fully saturated rings. The third-order valence-corrected chi connectivity index (χ3v) is 4.49. The lowest BCUT2D eigenvalue weighted by molar-refractivity contribution is 0.0524. The highest BCUT2D eigenvalue weighted by molar-refractivity contribution is 6.03. The van der Waals surface area contributed by atoms with E-state index in [9.17, 15) is 9.59 Å². The van der Waals surface area contributed by atoms with Gasteiger partial charge in [0.1, 0.15) is 5.69 Å². The molecular formula is C22H19N5O3. The summed E-state index contributed by atoms with van der Waals surface area (Å²) in [5.41, 5.74) is 3.33. The number of imidazole rings is 1. The molecule has 4 aromatic rings. The van der Waals surface area contributed by atoms with Crippen LogP contribution in [0.5, 0.6) is 0 Å². The topological polar surface area (TPSA) is 98.5 Å². The molecule has 0 radical (unpaired) electrons. The van der Waals surface area contributed by atoms with Crippen molar-refractivity contribution in [1.82, 2.24) is 19.4 Å². The van der Waals surface area contributed by atoms with E-state index >= 15 is 0 Å². The Morgan fingerprint density at radius 1 is 1.10 bits per heavy atom. The summed E-state index contributed by atoms with van der Waals surface area (Å²) in [6.45, 7) is 3.68. The number of esters is 1. The van der Waals surface area contributed by atoms with E-state index < -0.39 is 5.97 Å². The van der Waals surface area contributed by atoms with Crippen molar-refractivity contribution >= 4 is 23.3 Å². The van der Waals surface area contributed by atoms with Gasteiger partial charge in [-0.25, -0.2) is 19.7 Å². The first-order chi connectivity index (χ1) is 14.5. The molecule has 8 nitrogen and oxygen atoms in total. The first-order valence-electron chi connectivity index (χ1n) is 9.41. The third kappa shape index (κ3) is 3.88. The van der Waals surface area contributed by atoms with Crippen LogP contribution in [0.15, 0.2) is 61.1 Å². The molecule has 3 heterocycles. The zero-order valence-corrected chi connectivity index (χ0v) is 16.5. The van der Waals surface area contributed by atoms with Crippen LogP contribution in [0.4, 0.5) is 5.69 Å². The number of anilines is 1. The number of fused-ring (bicyclic) bond motifs is 1. The van der Waals surface area contributed by atoms with Gasteiger partial charge in [0.15, 0.2) is 0 Å². The molecule has 4 rings (SSSR count). The summed E-state index contributed by atoms with van der Waals surface area (Å²) in [6.07, 6.45) is 5.48. The molecule has 0 aliphatic heterocycles. The summed E-state index contributed by atoms with van der Waals surface area (Å²) < 4.78 is 6.83. The van der Waals surface area contributed by atoms with Gasteiger partial charge in [-0.05, 0) is 44.2 Å². The molecule has 0 spiro atoms. The Labute approximate surface area is 172 Å². The Bertz CT molecular complexity index is 1200. The molecule has 0 bridgehead atoms. The first kappa shape index (κ1) is 19.3. The first-order valence-corrected chi connectivity index (χ1v) is 9.41. The Hall–Kier alpha value is -4.07. The van der Waals surface area contributed by atoms with Crippen molar-refractivity contribution in [2.24, 2.45) is 0 Å². The highest BCUT2D eigenvalue weighted by atomic mass is 16.5. The molecule has 1 amide bonds. The van der Waals surface area contributed by atoms with Crippen molar-refractivity contribution < 1.29 is 14.3 Å². The van der Waals surface area contributed by atoms with Gasteiger partial charge in [-0.15, -0.1) is 0 Å². The number of amides is 1. The molecule has 0 saturated carbocycles. The highest BCUT2D eigenvalue weighted by Gasteiger charge is 2.15. The average Bonchev–Trinajstić information content (AvgIpc) is 3.18. The molecule has 8 heteroatoms. The van der Waals surface area contributed by atoms with Crippen molar-refractivity contribution in [3.05, 3.63) is 78.0 Å².